The molecule has 9 heteroatoms. The van der Waals surface area contributed by atoms with Crippen molar-refractivity contribution in [3.8, 4) is 0 Å². The Morgan fingerprint density at radius 2 is 1.68 bits per heavy atom. The normalized spacial score (nSPS) is 11.6. The lowest BCUT2D eigenvalue weighted by Gasteiger charge is -2.10. The van der Waals surface area contributed by atoms with E-state index in [4.69, 9.17) is 23.2 Å². The number of hydrogen-bond acceptors (Lipinski definition) is 3. The monoisotopic (exact) mass is 489 g/mol. The Bertz CT molecular complexity index is 1100. The van der Waals surface area contributed by atoms with Gasteiger partial charge >= 0.3 is 6.18 Å². The predicted octanol–water partition coefficient (Wildman–Crippen LogP) is 6.37. The van der Waals surface area contributed by atoms with E-state index in [1.807, 2.05) is 0 Å². The molecule has 0 aliphatic carbocycles. The first kappa shape index (κ1) is 20.8. The van der Waals surface area contributed by atoms with Gasteiger partial charge in [-0.3, -0.25) is 9.59 Å². The van der Waals surface area contributed by atoms with Gasteiger partial charge in [0.1, 0.15) is 5.69 Å². The summed E-state index contributed by atoms with van der Waals surface area (Å²) in [6.07, 6.45) is -4.51. The fourth-order valence-corrected chi connectivity index (χ4v) is 3.47. The fourth-order valence-electron chi connectivity index (χ4n) is 2.63. The second kappa shape index (κ2) is 7.81. The third-order valence-corrected chi connectivity index (χ3v) is 4.98. The minimum absolute atomic E-state index is 0.00202. The van der Waals surface area contributed by atoms with Crippen LogP contribution in [0.3, 0.4) is 0 Å². The Morgan fingerprint density at radius 3 is 2.25 bits per heavy atom. The third-order valence-electron chi connectivity index (χ3n) is 3.96. The number of fused-ring (bicyclic) bond motifs is 1. The van der Waals surface area contributed by atoms with E-state index in [1.54, 1.807) is 0 Å². The number of rotatable bonds is 4. The summed E-state index contributed by atoms with van der Waals surface area (Å²) in [5.41, 5.74) is -0.596. The SMILES string of the molecule is O=C(c1ccc(C(F)(F)F)cc1)c1cc(C(=O)CBr)c2cc(Cl)cc(Cl)c2n1. The molecule has 0 aliphatic heterocycles. The van der Waals surface area contributed by atoms with Gasteiger partial charge in [-0.25, -0.2) is 4.98 Å². The smallest absolute Gasteiger partial charge is 0.293 e. The van der Waals surface area contributed by atoms with Crippen molar-refractivity contribution in [2.45, 2.75) is 6.18 Å². The molecule has 0 radical (unpaired) electrons. The van der Waals surface area contributed by atoms with E-state index in [1.165, 1.54) is 18.2 Å². The van der Waals surface area contributed by atoms with Gasteiger partial charge < -0.3 is 0 Å². The minimum atomic E-state index is -4.51. The molecule has 0 N–H and O–H groups in total. The van der Waals surface area contributed by atoms with Crippen LogP contribution in [-0.4, -0.2) is 21.9 Å². The summed E-state index contributed by atoms with van der Waals surface area (Å²) in [5, 5.41) is 0.813. The van der Waals surface area contributed by atoms with Crippen LogP contribution in [-0.2, 0) is 6.18 Å². The molecule has 0 unspecified atom stereocenters. The molecule has 3 rings (SSSR count). The first-order chi connectivity index (χ1) is 13.1. The lowest BCUT2D eigenvalue weighted by Crippen LogP contribution is -2.10. The van der Waals surface area contributed by atoms with Crippen LogP contribution in [0.5, 0.6) is 0 Å². The standard InChI is InChI=1S/C19H9BrCl2F3NO2/c20-8-16(27)12-7-15(26-17-13(12)5-11(21)6-14(17)22)18(28)9-1-3-10(4-2-9)19(23,24)25/h1-7H,8H2. The molecule has 0 amide bonds. The summed E-state index contributed by atoms with van der Waals surface area (Å²) < 4.78 is 38.1. The molecule has 0 saturated carbocycles. The Balaban J connectivity index is 2.15. The van der Waals surface area contributed by atoms with Crippen molar-refractivity contribution in [3.63, 3.8) is 0 Å². The molecule has 1 aromatic heterocycles. The van der Waals surface area contributed by atoms with Crippen LogP contribution in [0.4, 0.5) is 13.2 Å². The average Bonchev–Trinajstić information content (AvgIpc) is 2.65. The number of pyridine rings is 1. The summed E-state index contributed by atoms with van der Waals surface area (Å²) in [6, 6.07) is 7.97. The summed E-state index contributed by atoms with van der Waals surface area (Å²) in [7, 11) is 0. The lowest BCUT2D eigenvalue weighted by atomic mass is 10.00. The number of carbonyl (C=O) groups is 2. The van der Waals surface area contributed by atoms with Gasteiger partial charge in [-0.2, -0.15) is 13.2 Å². The lowest BCUT2D eigenvalue weighted by molar-refractivity contribution is -0.137. The highest BCUT2D eigenvalue weighted by Crippen LogP contribution is 2.32. The van der Waals surface area contributed by atoms with E-state index in [9.17, 15) is 22.8 Å². The summed E-state index contributed by atoms with van der Waals surface area (Å²) in [4.78, 5) is 29.3. The van der Waals surface area contributed by atoms with E-state index in [0.29, 0.717) is 10.4 Å². The number of nitrogens with zero attached hydrogens (tertiary/aromatic N) is 1. The zero-order valence-electron chi connectivity index (χ0n) is 13.8. The van der Waals surface area contributed by atoms with Gasteiger partial charge in [0.15, 0.2) is 5.78 Å². The van der Waals surface area contributed by atoms with Crippen molar-refractivity contribution in [3.05, 3.63) is 74.9 Å². The fraction of sp³-hybridized carbons (Fsp3) is 0.105. The van der Waals surface area contributed by atoms with E-state index < -0.39 is 17.5 Å². The highest BCUT2D eigenvalue weighted by Gasteiger charge is 2.30. The topological polar surface area (TPSA) is 47.0 Å². The maximum atomic E-state index is 12.8. The Hall–Kier alpha value is -1.96. The molecule has 0 spiro atoms. The molecule has 0 saturated heterocycles. The number of carbonyl (C=O) groups excluding carboxylic acids is 2. The Kier molecular flexibility index (Phi) is 5.79. The van der Waals surface area contributed by atoms with Crippen molar-refractivity contribution in [2.75, 3.05) is 5.33 Å². The highest BCUT2D eigenvalue weighted by molar-refractivity contribution is 9.09. The summed E-state index contributed by atoms with van der Waals surface area (Å²) >= 11 is 15.2. The number of hydrogen-bond donors (Lipinski definition) is 0. The number of halogens is 6. The first-order valence-electron chi connectivity index (χ1n) is 7.72. The van der Waals surface area contributed by atoms with Crippen LogP contribution in [0, 0.1) is 0 Å². The third kappa shape index (κ3) is 4.06. The average molecular weight is 491 g/mol. The van der Waals surface area contributed by atoms with Gasteiger partial charge in [-0.15, -0.1) is 0 Å². The second-order valence-corrected chi connectivity index (χ2v) is 7.20. The molecule has 144 valence electrons. The Morgan fingerprint density at radius 1 is 1.04 bits per heavy atom. The van der Waals surface area contributed by atoms with E-state index in [-0.39, 0.29) is 38.5 Å². The number of ketones is 2. The van der Waals surface area contributed by atoms with Gasteiger partial charge in [-0.1, -0.05) is 51.3 Å². The molecule has 3 nitrogen and oxygen atoms in total. The van der Waals surface area contributed by atoms with Crippen LogP contribution < -0.4 is 0 Å². The van der Waals surface area contributed by atoms with Gasteiger partial charge in [0.2, 0.25) is 5.78 Å². The van der Waals surface area contributed by atoms with Crippen LogP contribution in [0.25, 0.3) is 10.9 Å². The largest absolute Gasteiger partial charge is 0.416 e. The quantitative estimate of drug-likeness (QED) is 0.315. The van der Waals surface area contributed by atoms with Gasteiger partial charge in [0, 0.05) is 21.5 Å². The summed E-state index contributed by atoms with van der Waals surface area (Å²) in [5.74, 6) is -0.961. The molecule has 1 heterocycles. The van der Waals surface area contributed by atoms with Crippen molar-refractivity contribution in [2.24, 2.45) is 0 Å². The van der Waals surface area contributed by atoms with Gasteiger partial charge in [0.05, 0.1) is 21.4 Å². The molecule has 0 atom stereocenters. The number of Topliss-reactive ketones (excluding diaryl/α,β-unsaturated/α-hetero) is 1. The first-order valence-corrected chi connectivity index (χ1v) is 9.60. The van der Waals surface area contributed by atoms with Crippen LogP contribution >= 0.6 is 39.1 Å². The van der Waals surface area contributed by atoms with Crippen molar-refractivity contribution in [1.82, 2.24) is 4.98 Å². The Labute approximate surface area is 175 Å². The van der Waals surface area contributed by atoms with Crippen molar-refractivity contribution >= 4 is 61.6 Å². The maximum absolute atomic E-state index is 12.8. The minimum Gasteiger partial charge on any atom is -0.293 e. The molecular formula is C19H9BrCl2F3NO2. The van der Waals surface area contributed by atoms with Crippen LogP contribution in [0.1, 0.15) is 32.0 Å². The van der Waals surface area contributed by atoms with Crippen molar-refractivity contribution < 1.29 is 22.8 Å². The summed E-state index contributed by atoms with van der Waals surface area (Å²) in [6.45, 7) is 0. The maximum Gasteiger partial charge on any atom is 0.416 e. The molecule has 2 aromatic carbocycles. The molecule has 0 bridgehead atoms. The molecule has 3 aromatic rings. The van der Waals surface area contributed by atoms with E-state index in [2.05, 4.69) is 20.9 Å². The van der Waals surface area contributed by atoms with Crippen LogP contribution in [0.2, 0.25) is 10.0 Å². The number of aromatic nitrogens is 1. The van der Waals surface area contributed by atoms with Crippen LogP contribution in [0.15, 0.2) is 42.5 Å². The van der Waals surface area contributed by atoms with E-state index >= 15 is 0 Å². The van der Waals surface area contributed by atoms with Gasteiger partial charge in [0.25, 0.3) is 0 Å². The van der Waals surface area contributed by atoms with Gasteiger partial charge in [-0.05, 0) is 30.3 Å². The predicted molar refractivity (Wildman–Crippen MR) is 105 cm³/mol. The zero-order chi connectivity index (χ0) is 20.6. The zero-order valence-corrected chi connectivity index (χ0v) is 16.9. The number of alkyl halides is 4. The molecule has 0 aliphatic rings. The molecular weight excluding hydrogens is 482 g/mol. The second-order valence-electron chi connectivity index (χ2n) is 5.80. The number of benzene rings is 2. The van der Waals surface area contributed by atoms with E-state index in [0.717, 1.165) is 24.3 Å². The van der Waals surface area contributed by atoms with Crippen molar-refractivity contribution in [1.29, 1.82) is 0 Å². The molecule has 0 fully saturated rings. The molecule has 28 heavy (non-hydrogen) atoms. The highest BCUT2D eigenvalue weighted by atomic mass is 79.9.